The molecule has 2 N–H and O–H groups in total. The maximum atomic E-state index is 6.12. The minimum Gasteiger partial charge on any atom is -0.497 e. The summed E-state index contributed by atoms with van der Waals surface area (Å²) in [4.78, 5) is 2.34. The number of rotatable bonds is 7. The summed E-state index contributed by atoms with van der Waals surface area (Å²) in [7, 11) is 3.85. The van der Waals surface area contributed by atoms with Gasteiger partial charge in [0, 0.05) is 12.6 Å². The van der Waals surface area contributed by atoms with Gasteiger partial charge in [0.05, 0.1) is 7.11 Å². The van der Waals surface area contributed by atoms with Crippen LogP contribution in [-0.4, -0.2) is 31.6 Å². The van der Waals surface area contributed by atoms with E-state index in [1.54, 1.807) is 7.11 Å². The molecule has 3 heteroatoms. The van der Waals surface area contributed by atoms with Crippen molar-refractivity contribution in [2.75, 3.05) is 20.7 Å². The zero-order valence-electron chi connectivity index (χ0n) is 11.4. The maximum absolute atomic E-state index is 6.12. The third-order valence-corrected chi connectivity index (χ3v) is 3.68. The highest BCUT2D eigenvalue weighted by Crippen LogP contribution is 2.32. The predicted octanol–water partition coefficient (Wildman–Crippen LogP) is 2.25. The molecule has 1 aliphatic carbocycles. The normalized spacial score (nSPS) is 16.9. The van der Waals surface area contributed by atoms with Crippen molar-refractivity contribution in [2.45, 2.75) is 31.8 Å². The first-order valence-corrected chi connectivity index (χ1v) is 6.76. The van der Waals surface area contributed by atoms with E-state index < -0.39 is 0 Å². The third kappa shape index (κ3) is 4.00. The van der Waals surface area contributed by atoms with Crippen molar-refractivity contribution < 1.29 is 4.74 Å². The molecular weight excluding hydrogens is 224 g/mol. The summed E-state index contributed by atoms with van der Waals surface area (Å²) in [6.07, 6.45) is 3.78. The van der Waals surface area contributed by atoms with Crippen LogP contribution in [0.3, 0.4) is 0 Å². The van der Waals surface area contributed by atoms with Crippen LogP contribution in [0.4, 0.5) is 0 Å². The van der Waals surface area contributed by atoms with E-state index in [4.69, 9.17) is 10.5 Å². The van der Waals surface area contributed by atoms with E-state index in [0.29, 0.717) is 6.04 Å². The maximum Gasteiger partial charge on any atom is 0.118 e. The van der Waals surface area contributed by atoms with Gasteiger partial charge in [0.25, 0.3) is 0 Å². The molecule has 0 amide bonds. The van der Waals surface area contributed by atoms with Crippen LogP contribution >= 0.6 is 0 Å². The molecule has 1 unspecified atom stereocenters. The lowest BCUT2D eigenvalue weighted by atomic mass is 10.1. The second-order valence-corrected chi connectivity index (χ2v) is 5.38. The summed E-state index contributed by atoms with van der Waals surface area (Å²) < 4.78 is 5.16. The van der Waals surface area contributed by atoms with E-state index in [1.807, 2.05) is 12.1 Å². The zero-order valence-corrected chi connectivity index (χ0v) is 11.4. The summed E-state index contributed by atoms with van der Waals surface area (Å²) in [6, 6.07) is 8.67. The van der Waals surface area contributed by atoms with E-state index in [9.17, 15) is 0 Å². The number of benzene rings is 1. The lowest BCUT2D eigenvalue weighted by molar-refractivity contribution is 0.305. The topological polar surface area (TPSA) is 38.5 Å². The van der Waals surface area contributed by atoms with Crippen molar-refractivity contribution in [1.82, 2.24) is 4.90 Å². The van der Waals surface area contributed by atoms with Gasteiger partial charge in [-0.1, -0.05) is 12.1 Å². The van der Waals surface area contributed by atoms with E-state index in [0.717, 1.165) is 31.2 Å². The van der Waals surface area contributed by atoms with Gasteiger partial charge in [0.15, 0.2) is 0 Å². The van der Waals surface area contributed by atoms with Crippen molar-refractivity contribution in [1.29, 1.82) is 0 Å². The average Bonchev–Trinajstić information content (AvgIpc) is 3.21. The van der Waals surface area contributed by atoms with E-state index >= 15 is 0 Å². The smallest absolute Gasteiger partial charge is 0.118 e. The molecule has 1 saturated carbocycles. The highest BCUT2D eigenvalue weighted by molar-refractivity contribution is 5.27. The molecule has 3 nitrogen and oxygen atoms in total. The fourth-order valence-electron chi connectivity index (χ4n) is 2.25. The summed E-state index contributed by atoms with van der Waals surface area (Å²) in [5.41, 5.74) is 7.43. The Balaban J connectivity index is 1.73. The Labute approximate surface area is 110 Å². The minimum absolute atomic E-state index is 0.406. The molecule has 0 aliphatic heterocycles. The SMILES string of the molecule is COc1ccc(CN(C)CCC(N)C2CC2)cc1. The van der Waals surface area contributed by atoms with Gasteiger partial charge in [-0.05, 0) is 56.5 Å². The van der Waals surface area contributed by atoms with Crippen molar-refractivity contribution in [2.24, 2.45) is 11.7 Å². The average molecular weight is 248 g/mol. The van der Waals surface area contributed by atoms with Gasteiger partial charge in [-0.2, -0.15) is 0 Å². The minimum atomic E-state index is 0.406. The summed E-state index contributed by atoms with van der Waals surface area (Å²) >= 11 is 0. The van der Waals surface area contributed by atoms with Gasteiger partial charge >= 0.3 is 0 Å². The Hall–Kier alpha value is -1.06. The third-order valence-electron chi connectivity index (χ3n) is 3.68. The molecule has 18 heavy (non-hydrogen) atoms. The van der Waals surface area contributed by atoms with Crippen LogP contribution in [0, 0.1) is 5.92 Å². The molecule has 1 aromatic carbocycles. The first-order valence-electron chi connectivity index (χ1n) is 6.76. The molecule has 0 radical (unpaired) electrons. The van der Waals surface area contributed by atoms with Gasteiger partial charge < -0.3 is 15.4 Å². The summed E-state index contributed by atoms with van der Waals surface area (Å²) in [6.45, 7) is 2.05. The van der Waals surface area contributed by atoms with Gasteiger partial charge in [-0.3, -0.25) is 0 Å². The van der Waals surface area contributed by atoms with E-state index in [2.05, 4.69) is 24.1 Å². The van der Waals surface area contributed by atoms with Crippen LogP contribution in [-0.2, 0) is 6.54 Å². The van der Waals surface area contributed by atoms with Crippen molar-refractivity contribution >= 4 is 0 Å². The highest BCUT2D eigenvalue weighted by atomic mass is 16.5. The Bertz CT molecular complexity index is 359. The highest BCUT2D eigenvalue weighted by Gasteiger charge is 2.28. The summed E-state index contributed by atoms with van der Waals surface area (Å²) in [5, 5.41) is 0. The lowest BCUT2D eigenvalue weighted by Crippen LogP contribution is -2.29. The molecule has 0 heterocycles. The fraction of sp³-hybridized carbons (Fsp3) is 0.600. The summed E-state index contributed by atoms with van der Waals surface area (Å²) in [5.74, 6) is 1.72. The Kier molecular flexibility index (Phi) is 4.61. The van der Waals surface area contributed by atoms with Gasteiger partial charge in [0.2, 0.25) is 0 Å². The Morgan fingerprint density at radius 2 is 2.00 bits per heavy atom. The van der Waals surface area contributed by atoms with E-state index in [1.165, 1.54) is 18.4 Å². The molecule has 1 aromatic rings. The number of hydrogen-bond donors (Lipinski definition) is 1. The first kappa shape index (κ1) is 13.4. The molecule has 2 rings (SSSR count). The number of nitrogens with two attached hydrogens (primary N) is 1. The number of ether oxygens (including phenoxy) is 1. The molecule has 1 aliphatic rings. The van der Waals surface area contributed by atoms with Crippen molar-refractivity contribution in [3.05, 3.63) is 29.8 Å². The van der Waals surface area contributed by atoms with Crippen LogP contribution in [0.5, 0.6) is 5.75 Å². The van der Waals surface area contributed by atoms with E-state index in [-0.39, 0.29) is 0 Å². The van der Waals surface area contributed by atoms with Crippen molar-refractivity contribution in [3.8, 4) is 5.75 Å². The molecule has 0 saturated heterocycles. The second kappa shape index (κ2) is 6.21. The standard InChI is InChI=1S/C15H24N2O/c1-17(10-9-15(16)13-5-6-13)11-12-3-7-14(18-2)8-4-12/h3-4,7-8,13,15H,5-6,9-11,16H2,1-2H3. The van der Waals surface area contributed by atoms with Crippen LogP contribution in [0.2, 0.25) is 0 Å². The van der Waals surface area contributed by atoms with Crippen LogP contribution < -0.4 is 10.5 Å². The quantitative estimate of drug-likeness (QED) is 0.804. The lowest BCUT2D eigenvalue weighted by Gasteiger charge is -2.19. The molecule has 100 valence electrons. The monoisotopic (exact) mass is 248 g/mol. The Morgan fingerprint density at radius 3 is 2.56 bits per heavy atom. The van der Waals surface area contributed by atoms with Gasteiger partial charge in [-0.15, -0.1) is 0 Å². The Morgan fingerprint density at radius 1 is 1.33 bits per heavy atom. The number of nitrogens with zero attached hydrogens (tertiary/aromatic N) is 1. The molecule has 0 bridgehead atoms. The molecule has 1 atom stereocenters. The van der Waals surface area contributed by atoms with Crippen LogP contribution in [0.25, 0.3) is 0 Å². The molecule has 0 spiro atoms. The van der Waals surface area contributed by atoms with Crippen LogP contribution in [0.15, 0.2) is 24.3 Å². The largest absolute Gasteiger partial charge is 0.497 e. The molecule has 0 aromatic heterocycles. The molecule has 1 fully saturated rings. The fourth-order valence-corrected chi connectivity index (χ4v) is 2.25. The van der Waals surface area contributed by atoms with Gasteiger partial charge in [-0.25, -0.2) is 0 Å². The van der Waals surface area contributed by atoms with Crippen molar-refractivity contribution in [3.63, 3.8) is 0 Å². The first-order chi connectivity index (χ1) is 8.69. The predicted molar refractivity (Wildman–Crippen MR) is 74.6 cm³/mol. The number of methoxy groups -OCH3 is 1. The number of hydrogen-bond acceptors (Lipinski definition) is 3. The second-order valence-electron chi connectivity index (χ2n) is 5.38. The van der Waals surface area contributed by atoms with Gasteiger partial charge in [0.1, 0.15) is 5.75 Å². The molecular formula is C15H24N2O. The van der Waals surface area contributed by atoms with Crippen LogP contribution in [0.1, 0.15) is 24.8 Å². The zero-order chi connectivity index (χ0) is 13.0.